The maximum atomic E-state index is 12.1. The minimum absolute atomic E-state index is 0.0358. The summed E-state index contributed by atoms with van der Waals surface area (Å²) in [6.07, 6.45) is 3.82. The summed E-state index contributed by atoms with van der Waals surface area (Å²) in [5, 5.41) is 2.92. The van der Waals surface area contributed by atoms with Gasteiger partial charge >= 0.3 is 0 Å². The molecule has 1 N–H and O–H groups in total. The van der Waals surface area contributed by atoms with Crippen molar-refractivity contribution in [2.24, 2.45) is 0 Å². The molecule has 0 aliphatic heterocycles. The normalized spacial score (nSPS) is 10.3. The van der Waals surface area contributed by atoms with E-state index in [0.29, 0.717) is 6.54 Å². The molecule has 3 nitrogen and oxygen atoms in total. The number of carbonyl (C=O) groups excluding carboxylic acids is 1. The molecule has 0 atom stereocenters. The van der Waals surface area contributed by atoms with Crippen molar-refractivity contribution in [3.8, 4) is 11.1 Å². The number of pyridine rings is 1. The van der Waals surface area contributed by atoms with E-state index in [2.05, 4.69) is 17.4 Å². The molecule has 0 saturated carbocycles. The van der Waals surface area contributed by atoms with E-state index in [0.717, 1.165) is 11.3 Å². The Morgan fingerprint density at radius 3 is 2.13 bits per heavy atom. The first-order valence-corrected chi connectivity index (χ1v) is 7.62. The maximum absolute atomic E-state index is 12.1. The smallest absolute Gasteiger partial charge is 0.290 e. The van der Waals surface area contributed by atoms with Crippen LogP contribution in [0.3, 0.4) is 0 Å². The van der Waals surface area contributed by atoms with Crippen LogP contribution in [0.2, 0.25) is 0 Å². The molecule has 1 aromatic heterocycles. The van der Waals surface area contributed by atoms with Crippen molar-refractivity contribution in [3.63, 3.8) is 0 Å². The van der Waals surface area contributed by atoms with Gasteiger partial charge in [-0.05, 0) is 35.7 Å². The highest BCUT2D eigenvalue weighted by Crippen LogP contribution is 2.20. The lowest BCUT2D eigenvalue weighted by molar-refractivity contribution is -0.684. The molecule has 0 saturated heterocycles. The van der Waals surface area contributed by atoms with Crippen LogP contribution in [0.15, 0.2) is 79.1 Å². The number of anilines is 1. The third-order valence-electron chi connectivity index (χ3n) is 3.66. The predicted octanol–water partition coefficient (Wildman–Crippen LogP) is 3.59. The van der Waals surface area contributed by atoms with E-state index in [1.165, 1.54) is 11.1 Å². The van der Waals surface area contributed by atoms with Gasteiger partial charge in [-0.1, -0.05) is 42.5 Å². The zero-order valence-electron chi connectivity index (χ0n) is 13.1. The standard InChI is InChI=1S/C20H18N2O/c1-16-11-13-22(14-12-16)15-20(23)21-19-9-7-18(8-10-19)17-5-3-2-4-6-17/h2-14H,15H2,1H3/p+1. The monoisotopic (exact) mass is 303 g/mol. The quantitative estimate of drug-likeness (QED) is 0.734. The summed E-state index contributed by atoms with van der Waals surface area (Å²) >= 11 is 0. The molecule has 0 spiro atoms. The van der Waals surface area contributed by atoms with Gasteiger partial charge in [0.15, 0.2) is 12.4 Å². The van der Waals surface area contributed by atoms with E-state index in [9.17, 15) is 4.79 Å². The zero-order chi connectivity index (χ0) is 16.1. The van der Waals surface area contributed by atoms with Crippen LogP contribution in [-0.4, -0.2) is 5.91 Å². The lowest BCUT2D eigenvalue weighted by Gasteiger charge is -2.05. The van der Waals surface area contributed by atoms with Crippen LogP contribution in [0.4, 0.5) is 5.69 Å². The number of aromatic nitrogens is 1. The molecular formula is C20H19N2O+. The summed E-state index contributed by atoms with van der Waals surface area (Å²) in [4.78, 5) is 12.1. The van der Waals surface area contributed by atoms with Crippen LogP contribution >= 0.6 is 0 Å². The first-order chi connectivity index (χ1) is 11.2. The number of carbonyl (C=O) groups is 1. The van der Waals surface area contributed by atoms with Crippen LogP contribution in [-0.2, 0) is 11.3 Å². The highest BCUT2D eigenvalue weighted by Gasteiger charge is 2.09. The van der Waals surface area contributed by atoms with Crippen molar-refractivity contribution >= 4 is 11.6 Å². The summed E-state index contributed by atoms with van der Waals surface area (Å²) in [5.74, 6) is -0.0358. The number of hydrogen-bond acceptors (Lipinski definition) is 1. The fourth-order valence-corrected chi connectivity index (χ4v) is 2.38. The summed E-state index contributed by atoms with van der Waals surface area (Å²) in [6.45, 7) is 2.33. The first-order valence-electron chi connectivity index (χ1n) is 7.62. The minimum Gasteiger partial charge on any atom is -0.321 e. The molecule has 3 heteroatoms. The maximum Gasteiger partial charge on any atom is 0.290 e. The second-order valence-electron chi connectivity index (χ2n) is 5.54. The van der Waals surface area contributed by atoms with E-state index >= 15 is 0 Å². The lowest BCUT2D eigenvalue weighted by atomic mass is 10.1. The Bertz CT molecular complexity index is 778. The summed E-state index contributed by atoms with van der Waals surface area (Å²) in [6, 6.07) is 22.1. The molecule has 114 valence electrons. The highest BCUT2D eigenvalue weighted by atomic mass is 16.1. The number of benzene rings is 2. The third kappa shape index (κ3) is 4.04. The number of rotatable bonds is 4. The summed E-state index contributed by atoms with van der Waals surface area (Å²) < 4.78 is 1.86. The minimum atomic E-state index is -0.0358. The predicted molar refractivity (Wildman–Crippen MR) is 91.9 cm³/mol. The molecule has 0 radical (unpaired) electrons. The average Bonchev–Trinajstić information content (AvgIpc) is 2.58. The van der Waals surface area contributed by atoms with Crippen molar-refractivity contribution in [1.29, 1.82) is 0 Å². The average molecular weight is 303 g/mol. The number of aryl methyl sites for hydroxylation is 1. The van der Waals surface area contributed by atoms with Crippen LogP contribution in [0.25, 0.3) is 11.1 Å². The van der Waals surface area contributed by atoms with Crippen LogP contribution in [0, 0.1) is 6.92 Å². The molecule has 0 aliphatic carbocycles. The Balaban J connectivity index is 1.64. The van der Waals surface area contributed by atoms with Crippen molar-refractivity contribution in [2.45, 2.75) is 13.5 Å². The summed E-state index contributed by atoms with van der Waals surface area (Å²) in [7, 11) is 0. The Labute approximate surface area is 136 Å². The molecule has 0 bridgehead atoms. The molecular weight excluding hydrogens is 284 g/mol. The number of amides is 1. The third-order valence-corrected chi connectivity index (χ3v) is 3.66. The molecule has 0 aliphatic rings. The van der Waals surface area contributed by atoms with Gasteiger partial charge in [0, 0.05) is 17.8 Å². The van der Waals surface area contributed by atoms with E-state index in [4.69, 9.17) is 0 Å². The van der Waals surface area contributed by atoms with Crippen molar-refractivity contribution in [2.75, 3.05) is 5.32 Å². The van der Waals surface area contributed by atoms with Gasteiger partial charge in [0.05, 0.1) is 0 Å². The topological polar surface area (TPSA) is 33.0 Å². The molecule has 1 amide bonds. The fourth-order valence-electron chi connectivity index (χ4n) is 2.38. The van der Waals surface area contributed by atoms with Gasteiger partial charge < -0.3 is 5.32 Å². The molecule has 1 heterocycles. The number of nitrogens with zero attached hydrogens (tertiary/aromatic N) is 1. The van der Waals surface area contributed by atoms with Gasteiger partial charge in [0.2, 0.25) is 6.54 Å². The van der Waals surface area contributed by atoms with Gasteiger partial charge in [0.1, 0.15) is 0 Å². The number of hydrogen-bond donors (Lipinski definition) is 1. The number of nitrogens with one attached hydrogen (secondary N) is 1. The fraction of sp³-hybridized carbons (Fsp3) is 0.100. The van der Waals surface area contributed by atoms with Crippen molar-refractivity contribution in [3.05, 3.63) is 84.7 Å². The van der Waals surface area contributed by atoms with E-state index in [-0.39, 0.29) is 5.91 Å². The summed E-state index contributed by atoms with van der Waals surface area (Å²) in [5.41, 5.74) is 4.29. The van der Waals surface area contributed by atoms with E-state index in [1.54, 1.807) is 0 Å². The van der Waals surface area contributed by atoms with Crippen molar-refractivity contribution < 1.29 is 9.36 Å². The highest BCUT2D eigenvalue weighted by molar-refractivity contribution is 5.90. The van der Waals surface area contributed by atoms with Gasteiger partial charge in [-0.3, -0.25) is 4.79 Å². The van der Waals surface area contributed by atoms with E-state index < -0.39 is 0 Å². The molecule has 23 heavy (non-hydrogen) atoms. The molecule has 3 aromatic rings. The Kier molecular flexibility index (Phi) is 4.48. The van der Waals surface area contributed by atoms with Gasteiger partial charge in [-0.2, -0.15) is 4.57 Å². The van der Waals surface area contributed by atoms with Gasteiger partial charge in [-0.15, -0.1) is 0 Å². The molecule has 0 unspecified atom stereocenters. The van der Waals surface area contributed by atoms with Crippen LogP contribution < -0.4 is 9.88 Å². The largest absolute Gasteiger partial charge is 0.321 e. The van der Waals surface area contributed by atoms with Gasteiger partial charge in [-0.25, -0.2) is 0 Å². The molecule has 3 rings (SSSR count). The van der Waals surface area contributed by atoms with Crippen LogP contribution in [0.1, 0.15) is 5.56 Å². The van der Waals surface area contributed by atoms with Crippen molar-refractivity contribution in [1.82, 2.24) is 0 Å². The van der Waals surface area contributed by atoms with Crippen LogP contribution in [0.5, 0.6) is 0 Å². The Hall–Kier alpha value is -2.94. The second kappa shape index (κ2) is 6.88. The van der Waals surface area contributed by atoms with E-state index in [1.807, 2.05) is 78.5 Å². The molecule has 0 fully saturated rings. The molecule has 2 aromatic carbocycles. The van der Waals surface area contributed by atoms with Gasteiger partial charge in [0.25, 0.3) is 5.91 Å². The SMILES string of the molecule is Cc1cc[n+](CC(=O)Nc2ccc(-c3ccccc3)cc2)cc1. The Morgan fingerprint density at radius 2 is 1.48 bits per heavy atom. The Morgan fingerprint density at radius 1 is 0.870 bits per heavy atom. The zero-order valence-corrected chi connectivity index (χ0v) is 13.1. The second-order valence-corrected chi connectivity index (χ2v) is 5.54. The first kappa shape index (κ1) is 15.0. The lowest BCUT2D eigenvalue weighted by Crippen LogP contribution is -2.39.